The first-order valence-corrected chi connectivity index (χ1v) is 13.6. The third kappa shape index (κ3) is 18.6. The summed E-state index contributed by atoms with van der Waals surface area (Å²) in [7, 11) is -4.43. The standard InChI is InChI=1S/C24H43O7P/c1-2-3-4-5-6-7-8-9-10-12-17-24(31-23-15-13-11-14-16-23)22-29-19-18-28-20-21-30-32(25,26)27/h11,13-16,24H,2-10,12,17-22H2,1H3,(H2,25,26,27). The first-order chi connectivity index (χ1) is 15.5. The van der Waals surface area contributed by atoms with E-state index in [1.54, 1.807) is 0 Å². The molecule has 186 valence electrons. The quantitative estimate of drug-likeness (QED) is 0.160. The van der Waals surface area contributed by atoms with Crippen molar-refractivity contribution in [1.29, 1.82) is 0 Å². The minimum Gasteiger partial charge on any atom is -0.488 e. The van der Waals surface area contributed by atoms with Crippen molar-refractivity contribution in [3.63, 3.8) is 0 Å². The van der Waals surface area contributed by atoms with Gasteiger partial charge in [0.15, 0.2) is 0 Å². The molecule has 0 fully saturated rings. The molecule has 2 N–H and O–H groups in total. The van der Waals surface area contributed by atoms with Crippen LogP contribution in [0.2, 0.25) is 0 Å². The summed E-state index contributed by atoms with van der Waals surface area (Å²) in [5.74, 6) is 0.846. The summed E-state index contributed by atoms with van der Waals surface area (Å²) >= 11 is 0. The molecule has 1 rings (SSSR count). The molecule has 0 heterocycles. The maximum Gasteiger partial charge on any atom is 0.469 e. The minimum atomic E-state index is -4.43. The van der Waals surface area contributed by atoms with Crippen molar-refractivity contribution < 1.29 is 33.1 Å². The first kappa shape index (κ1) is 29.1. The normalized spacial score (nSPS) is 12.7. The predicted molar refractivity (Wildman–Crippen MR) is 127 cm³/mol. The van der Waals surface area contributed by atoms with Crippen LogP contribution in [-0.2, 0) is 18.6 Å². The van der Waals surface area contributed by atoms with Crippen LogP contribution in [0, 0.1) is 0 Å². The van der Waals surface area contributed by atoms with Crippen LogP contribution in [0.4, 0.5) is 0 Å². The van der Waals surface area contributed by atoms with Crippen LogP contribution in [0.5, 0.6) is 5.75 Å². The van der Waals surface area contributed by atoms with E-state index in [4.69, 9.17) is 24.0 Å². The van der Waals surface area contributed by atoms with Crippen LogP contribution in [0.25, 0.3) is 0 Å². The smallest absolute Gasteiger partial charge is 0.469 e. The average Bonchev–Trinajstić information content (AvgIpc) is 2.76. The van der Waals surface area contributed by atoms with Crippen LogP contribution in [0.15, 0.2) is 30.3 Å². The van der Waals surface area contributed by atoms with E-state index in [1.807, 2.05) is 30.3 Å². The van der Waals surface area contributed by atoms with E-state index in [1.165, 1.54) is 57.8 Å². The van der Waals surface area contributed by atoms with Gasteiger partial charge in [-0.05, 0) is 25.0 Å². The zero-order chi connectivity index (χ0) is 23.3. The number of benzene rings is 1. The second-order valence-corrected chi connectivity index (χ2v) is 9.27. The first-order valence-electron chi connectivity index (χ1n) is 12.1. The molecular formula is C24H43O7P. The number of ether oxygens (including phenoxy) is 3. The van der Waals surface area contributed by atoms with Gasteiger partial charge in [0.1, 0.15) is 11.9 Å². The Morgan fingerprint density at radius 2 is 1.34 bits per heavy atom. The second-order valence-electron chi connectivity index (χ2n) is 8.03. The Labute approximate surface area is 194 Å². The van der Waals surface area contributed by atoms with Crippen LogP contribution in [0.1, 0.15) is 77.6 Å². The molecule has 0 saturated carbocycles. The van der Waals surface area contributed by atoms with Gasteiger partial charge in [0.25, 0.3) is 0 Å². The van der Waals surface area contributed by atoms with Gasteiger partial charge in [0.2, 0.25) is 0 Å². The maximum atomic E-state index is 10.6. The van der Waals surface area contributed by atoms with E-state index in [0.717, 1.165) is 18.6 Å². The highest BCUT2D eigenvalue weighted by molar-refractivity contribution is 7.46. The van der Waals surface area contributed by atoms with Gasteiger partial charge in [-0.3, -0.25) is 4.52 Å². The summed E-state index contributed by atoms with van der Waals surface area (Å²) in [5.41, 5.74) is 0. The van der Waals surface area contributed by atoms with Crippen molar-refractivity contribution in [2.75, 3.05) is 33.0 Å². The summed E-state index contributed by atoms with van der Waals surface area (Å²) in [6.07, 6.45) is 14.0. The van der Waals surface area contributed by atoms with Crippen LogP contribution >= 0.6 is 7.82 Å². The van der Waals surface area contributed by atoms with E-state index in [0.29, 0.717) is 19.8 Å². The van der Waals surface area contributed by atoms with Crippen molar-refractivity contribution in [2.45, 2.75) is 83.7 Å². The van der Waals surface area contributed by atoms with Gasteiger partial charge in [-0.15, -0.1) is 0 Å². The molecule has 1 aromatic carbocycles. The second kappa shape index (κ2) is 19.5. The lowest BCUT2D eigenvalue weighted by Gasteiger charge is -2.19. The molecule has 0 aliphatic rings. The molecule has 0 spiro atoms. The number of unbranched alkanes of at least 4 members (excludes halogenated alkanes) is 9. The van der Waals surface area contributed by atoms with E-state index in [9.17, 15) is 4.57 Å². The summed E-state index contributed by atoms with van der Waals surface area (Å²) < 4.78 is 32.0. The van der Waals surface area contributed by atoms with Gasteiger partial charge < -0.3 is 24.0 Å². The SMILES string of the molecule is CCCCCCCCCCCCC(COCCOCCOP(=O)(O)O)Oc1ccccc1. The zero-order valence-corrected chi connectivity index (χ0v) is 20.6. The lowest BCUT2D eigenvalue weighted by atomic mass is 10.0. The molecule has 0 radical (unpaired) electrons. The predicted octanol–water partition coefficient (Wildman–Crippen LogP) is 5.89. The lowest BCUT2D eigenvalue weighted by molar-refractivity contribution is 0.00222. The molecular weight excluding hydrogens is 431 g/mol. The maximum absolute atomic E-state index is 10.6. The molecule has 1 aromatic rings. The molecule has 1 unspecified atom stereocenters. The van der Waals surface area contributed by atoms with Gasteiger partial charge in [-0.25, -0.2) is 4.57 Å². The summed E-state index contributed by atoms with van der Waals surface area (Å²) in [4.78, 5) is 17.2. The average molecular weight is 475 g/mol. The molecule has 0 aliphatic carbocycles. The molecule has 8 heteroatoms. The number of hydrogen-bond donors (Lipinski definition) is 2. The van der Waals surface area contributed by atoms with Crippen molar-refractivity contribution >= 4 is 7.82 Å². The Morgan fingerprint density at radius 1 is 0.781 bits per heavy atom. The number of para-hydroxylation sites is 1. The van der Waals surface area contributed by atoms with Gasteiger partial charge in [0, 0.05) is 0 Å². The summed E-state index contributed by atoms with van der Waals surface area (Å²) in [6, 6.07) is 9.79. The molecule has 0 saturated heterocycles. The molecule has 32 heavy (non-hydrogen) atoms. The van der Waals surface area contributed by atoms with Crippen molar-refractivity contribution in [2.24, 2.45) is 0 Å². The molecule has 0 aromatic heterocycles. The fraction of sp³-hybridized carbons (Fsp3) is 0.750. The fourth-order valence-electron chi connectivity index (χ4n) is 3.38. The summed E-state index contributed by atoms with van der Waals surface area (Å²) in [6.45, 7) is 3.42. The Balaban J connectivity index is 2.15. The Bertz CT molecular complexity index is 579. The van der Waals surface area contributed by atoms with Crippen molar-refractivity contribution in [3.05, 3.63) is 30.3 Å². The Kier molecular flexibility index (Phi) is 17.7. The number of phosphoric acid groups is 1. The highest BCUT2D eigenvalue weighted by atomic mass is 31.2. The molecule has 0 amide bonds. The largest absolute Gasteiger partial charge is 0.488 e. The van der Waals surface area contributed by atoms with E-state index >= 15 is 0 Å². The Morgan fingerprint density at radius 3 is 1.97 bits per heavy atom. The van der Waals surface area contributed by atoms with Gasteiger partial charge >= 0.3 is 7.82 Å². The number of hydrogen-bond acceptors (Lipinski definition) is 5. The van der Waals surface area contributed by atoms with E-state index < -0.39 is 7.82 Å². The summed E-state index contributed by atoms with van der Waals surface area (Å²) in [5, 5.41) is 0. The van der Waals surface area contributed by atoms with Gasteiger partial charge in [-0.1, -0.05) is 82.9 Å². The fourth-order valence-corrected chi connectivity index (χ4v) is 3.69. The van der Waals surface area contributed by atoms with Crippen LogP contribution in [-0.4, -0.2) is 48.9 Å². The van der Waals surface area contributed by atoms with E-state index in [-0.39, 0.29) is 19.3 Å². The Hall–Kier alpha value is -0.950. The van der Waals surface area contributed by atoms with Crippen molar-refractivity contribution in [3.8, 4) is 5.75 Å². The third-order valence-electron chi connectivity index (χ3n) is 5.09. The van der Waals surface area contributed by atoms with Crippen molar-refractivity contribution in [1.82, 2.24) is 0 Å². The highest BCUT2D eigenvalue weighted by Crippen LogP contribution is 2.35. The molecule has 0 bridgehead atoms. The van der Waals surface area contributed by atoms with Crippen LogP contribution in [0.3, 0.4) is 0 Å². The minimum absolute atomic E-state index is 0.00978. The van der Waals surface area contributed by atoms with Gasteiger partial charge in [0.05, 0.1) is 33.0 Å². The topological polar surface area (TPSA) is 94.5 Å². The lowest BCUT2D eigenvalue weighted by Crippen LogP contribution is -2.24. The molecule has 1 atom stereocenters. The molecule has 0 aliphatic heterocycles. The number of phosphoric ester groups is 1. The van der Waals surface area contributed by atoms with E-state index in [2.05, 4.69) is 11.4 Å². The molecule has 7 nitrogen and oxygen atoms in total. The highest BCUT2D eigenvalue weighted by Gasteiger charge is 2.13. The van der Waals surface area contributed by atoms with Crippen LogP contribution < -0.4 is 4.74 Å². The number of rotatable bonds is 22. The monoisotopic (exact) mass is 474 g/mol. The zero-order valence-electron chi connectivity index (χ0n) is 19.7. The van der Waals surface area contributed by atoms with Gasteiger partial charge in [-0.2, -0.15) is 0 Å². The third-order valence-corrected chi connectivity index (χ3v) is 5.61.